The summed E-state index contributed by atoms with van der Waals surface area (Å²) in [4.78, 5) is 17.8. The minimum absolute atomic E-state index is 0.0338. The zero-order chi connectivity index (χ0) is 19.3. The number of nitrogens with two attached hydrogens (primary N) is 1. The van der Waals surface area contributed by atoms with Gasteiger partial charge in [-0.2, -0.15) is 0 Å². The summed E-state index contributed by atoms with van der Waals surface area (Å²) in [6.07, 6.45) is 0.850. The van der Waals surface area contributed by atoms with Gasteiger partial charge in [0.05, 0.1) is 19.9 Å². The zero-order valence-corrected chi connectivity index (χ0v) is 16.8. The first-order chi connectivity index (χ1) is 12.4. The Kier molecular flexibility index (Phi) is 6.99. The average Bonchev–Trinajstić information content (AvgIpc) is 3.01. The number of carbonyl (C=O) groups excluding carboxylic acids is 1. The van der Waals surface area contributed by atoms with E-state index in [1.54, 1.807) is 14.2 Å². The van der Waals surface area contributed by atoms with Crippen molar-refractivity contribution in [3.8, 4) is 22.1 Å². The van der Waals surface area contributed by atoms with E-state index in [1.165, 1.54) is 11.3 Å². The summed E-state index contributed by atoms with van der Waals surface area (Å²) in [6.45, 7) is 6.49. The molecular formula is C19H27N3O3S. The van der Waals surface area contributed by atoms with Crippen LogP contribution in [0.15, 0.2) is 18.2 Å². The molecule has 0 saturated heterocycles. The van der Waals surface area contributed by atoms with Crippen molar-refractivity contribution in [1.29, 1.82) is 0 Å². The van der Waals surface area contributed by atoms with Crippen molar-refractivity contribution in [3.63, 3.8) is 0 Å². The number of aryl methyl sites for hydroxylation is 1. The Morgan fingerprint density at radius 2 is 1.96 bits per heavy atom. The molecule has 7 heteroatoms. The van der Waals surface area contributed by atoms with Crippen LogP contribution in [-0.2, 0) is 0 Å². The highest BCUT2D eigenvalue weighted by Crippen LogP contribution is 2.35. The molecule has 26 heavy (non-hydrogen) atoms. The van der Waals surface area contributed by atoms with E-state index < -0.39 is 0 Å². The lowest BCUT2D eigenvalue weighted by Gasteiger charge is -2.18. The number of nitrogens with one attached hydrogen (secondary N) is 1. The van der Waals surface area contributed by atoms with Crippen LogP contribution in [0, 0.1) is 12.8 Å². The second kappa shape index (κ2) is 9.00. The first-order valence-electron chi connectivity index (χ1n) is 8.60. The molecule has 0 radical (unpaired) electrons. The third kappa shape index (κ3) is 4.74. The third-order valence-electron chi connectivity index (χ3n) is 4.01. The highest BCUT2D eigenvalue weighted by Gasteiger charge is 2.20. The number of ether oxygens (including phenoxy) is 2. The van der Waals surface area contributed by atoms with Crippen molar-refractivity contribution in [2.24, 2.45) is 11.7 Å². The first-order valence-corrected chi connectivity index (χ1v) is 9.42. The Labute approximate surface area is 158 Å². The van der Waals surface area contributed by atoms with Crippen LogP contribution in [0.5, 0.6) is 11.5 Å². The Bertz CT molecular complexity index is 758. The molecule has 1 aromatic carbocycles. The Hall–Kier alpha value is -2.12. The lowest BCUT2D eigenvalue weighted by Crippen LogP contribution is -2.41. The van der Waals surface area contributed by atoms with Crippen LogP contribution in [0.25, 0.3) is 10.6 Å². The van der Waals surface area contributed by atoms with E-state index in [2.05, 4.69) is 24.1 Å². The van der Waals surface area contributed by atoms with E-state index in [-0.39, 0.29) is 11.9 Å². The molecule has 0 bridgehead atoms. The van der Waals surface area contributed by atoms with E-state index in [1.807, 2.05) is 25.1 Å². The Morgan fingerprint density at radius 1 is 1.27 bits per heavy atom. The maximum atomic E-state index is 12.6. The number of nitrogens with zero attached hydrogens (tertiary/aromatic N) is 1. The van der Waals surface area contributed by atoms with E-state index in [4.69, 9.17) is 15.2 Å². The quantitative estimate of drug-likeness (QED) is 0.737. The highest BCUT2D eigenvalue weighted by atomic mass is 32.1. The molecule has 0 fully saturated rings. The molecule has 1 heterocycles. The van der Waals surface area contributed by atoms with Crippen molar-refractivity contribution < 1.29 is 14.3 Å². The molecule has 1 atom stereocenters. The van der Waals surface area contributed by atoms with E-state index in [9.17, 15) is 4.79 Å². The summed E-state index contributed by atoms with van der Waals surface area (Å²) < 4.78 is 10.6. The van der Waals surface area contributed by atoms with E-state index >= 15 is 0 Å². The summed E-state index contributed by atoms with van der Waals surface area (Å²) in [6, 6.07) is 5.56. The van der Waals surface area contributed by atoms with Crippen LogP contribution in [0.4, 0.5) is 0 Å². The summed E-state index contributed by atoms with van der Waals surface area (Å²) >= 11 is 1.36. The molecule has 0 aliphatic carbocycles. The number of carbonyl (C=O) groups is 1. The van der Waals surface area contributed by atoms with Crippen LogP contribution in [-0.4, -0.2) is 37.7 Å². The summed E-state index contributed by atoms with van der Waals surface area (Å²) in [7, 11) is 3.19. The van der Waals surface area contributed by atoms with Crippen molar-refractivity contribution in [2.45, 2.75) is 33.2 Å². The molecule has 6 nitrogen and oxygen atoms in total. The lowest BCUT2D eigenvalue weighted by atomic mass is 10.0. The number of rotatable bonds is 8. The fraction of sp³-hybridized carbons (Fsp3) is 0.474. The number of benzene rings is 1. The number of thiazole rings is 1. The van der Waals surface area contributed by atoms with Gasteiger partial charge in [-0.3, -0.25) is 4.79 Å². The average molecular weight is 378 g/mol. The minimum Gasteiger partial charge on any atom is -0.493 e. The van der Waals surface area contributed by atoms with Gasteiger partial charge < -0.3 is 20.5 Å². The summed E-state index contributed by atoms with van der Waals surface area (Å²) in [5.74, 6) is 1.63. The molecule has 0 aliphatic heterocycles. The molecule has 2 aromatic rings. The second-order valence-electron chi connectivity index (χ2n) is 6.54. The van der Waals surface area contributed by atoms with Crippen LogP contribution >= 0.6 is 11.3 Å². The number of hydrogen-bond donors (Lipinski definition) is 2. The topological polar surface area (TPSA) is 86.5 Å². The Balaban J connectivity index is 2.24. The van der Waals surface area contributed by atoms with Crippen LogP contribution in [0.1, 0.15) is 35.6 Å². The van der Waals surface area contributed by atoms with E-state index in [0.717, 1.165) is 17.0 Å². The standard InChI is InChI=1S/C19H27N3O3S/c1-11(2)8-14(10-20)22-18(23)17-12(3)21-19(26-17)13-6-7-15(24-4)16(9-13)25-5/h6-7,9,11,14H,8,10,20H2,1-5H3,(H,22,23). The highest BCUT2D eigenvalue weighted by molar-refractivity contribution is 7.17. The maximum Gasteiger partial charge on any atom is 0.263 e. The van der Waals surface area contributed by atoms with Gasteiger partial charge in [-0.15, -0.1) is 11.3 Å². The normalized spacial score (nSPS) is 12.1. The fourth-order valence-electron chi connectivity index (χ4n) is 2.73. The number of methoxy groups -OCH3 is 2. The van der Waals surface area contributed by atoms with Crippen molar-refractivity contribution >= 4 is 17.2 Å². The number of aromatic nitrogens is 1. The van der Waals surface area contributed by atoms with Crippen LogP contribution in [0.3, 0.4) is 0 Å². The minimum atomic E-state index is -0.122. The van der Waals surface area contributed by atoms with Crippen molar-refractivity contribution in [2.75, 3.05) is 20.8 Å². The zero-order valence-electron chi connectivity index (χ0n) is 16.0. The molecule has 0 spiro atoms. The molecule has 2 rings (SSSR count). The predicted octanol–water partition coefficient (Wildman–Crippen LogP) is 3.24. The van der Waals surface area contributed by atoms with Gasteiger partial charge >= 0.3 is 0 Å². The molecule has 1 amide bonds. The van der Waals surface area contributed by atoms with Crippen LogP contribution in [0.2, 0.25) is 0 Å². The predicted molar refractivity (Wildman–Crippen MR) is 105 cm³/mol. The molecule has 3 N–H and O–H groups in total. The maximum absolute atomic E-state index is 12.6. The molecule has 142 valence electrons. The van der Waals surface area contributed by atoms with Gasteiger partial charge in [0.15, 0.2) is 11.5 Å². The molecular weight excluding hydrogens is 350 g/mol. The number of hydrogen-bond acceptors (Lipinski definition) is 6. The summed E-state index contributed by atoms with van der Waals surface area (Å²) in [5, 5.41) is 3.79. The molecule has 1 unspecified atom stereocenters. The Morgan fingerprint density at radius 3 is 2.54 bits per heavy atom. The van der Waals surface area contributed by atoms with Crippen molar-refractivity contribution in [3.05, 3.63) is 28.8 Å². The lowest BCUT2D eigenvalue weighted by molar-refractivity contribution is 0.0937. The summed E-state index contributed by atoms with van der Waals surface area (Å²) in [5.41, 5.74) is 7.38. The third-order valence-corrected chi connectivity index (χ3v) is 5.21. The van der Waals surface area contributed by atoms with Gasteiger partial charge in [0, 0.05) is 18.2 Å². The SMILES string of the molecule is COc1ccc(-c2nc(C)c(C(=O)NC(CN)CC(C)C)s2)cc1OC. The van der Waals surface area contributed by atoms with Crippen molar-refractivity contribution in [1.82, 2.24) is 10.3 Å². The van der Waals surface area contributed by atoms with Crippen LogP contribution < -0.4 is 20.5 Å². The monoisotopic (exact) mass is 377 g/mol. The second-order valence-corrected chi connectivity index (χ2v) is 7.54. The largest absolute Gasteiger partial charge is 0.493 e. The smallest absolute Gasteiger partial charge is 0.263 e. The van der Waals surface area contributed by atoms with Gasteiger partial charge in [0.2, 0.25) is 0 Å². The van der Waals surface area contributed by atoms with Gasteiger partial charge in [-0.25, -0.2) is 4.98 Å². The first kappa shape index (κ1) is 20.2. The molecule has 0 aliphatic rings. The molecule has 1 aromatic heterocycles. The van der Waals surface area contributed by atoms with Gasteiger partial charge in [0.25, 0.3) is 5.91 Å². The van der Waals surface area contributed by atoms with E-state index in [0.29, 0.717) is 34.5 Å². The van der Waals surface area contributed by atoms with Gasteiger partial charge in [-0.05, 0) is 37.5 Å². The van der Waals surface area contributed by atoms with Gasteiger partial charge in [-0.1, -0.05) is 13.8 Å². The van der Waals surface area contributed by atoms with Gasteiger partial charge in [0.1, 0.15) is 9.88 Å². The molecule has 0 saturated carbocycles. The number of amides is 1. The fourth-order valence-corrected chi connectivity index (χ4v) is 3.70.